The molecule has 2 unspecified atom stereocenters. The summed E-state index contributed by atoms with van der Waals surface area (Å²) in [5.74, 6) is -7.68. The normalized spacial score (nSPS) is 20.2. The van der Waals surface area contributed by atoms with Crippen LogP contribution in [0.3, 0.4) is 0 Å². The van der Waals surface area contributed by atoms with E-state index in [0.29, 0.717) is 43.9 Å². The molecule has 0 bridgehead atoms. The van der Waals surface area contributed by atoms with E-state index in [-0.39, 0.29) is 22.9 Å². The highest BCUT2D eigenvalue weighted by Gasteiger charge is 2.51. The van der Waals surface area contributed by atoms with Gasteiger partial charge in [-0.15, -0.1) is 0 Å². The summed E-state index contributed by atoms with van der Waals surface area (Å²) >= 11 is 0. The van der Waals surface area contributed by atoms with E-state index in [1.165, 1.54) is 36.4 Å². The first kappa shape index (κ1) is 32.5. The molecule has 1 N–H and O–H groups in total. The minimum absolute atomic E-state index is 0.224. The third-order valence-corrected chi connectivity index (χ3v) is 9.63. The van der Waals surface area contributed by atoms with Crippen molar-refractivity contribution in [3.8, 4) is 0 Å². The van der Waals surface area contributed by atoms with Crippen molar-refractivity contribution in [3.63, 3.8) is 0 Å². The van der Waals surface area contributed by atoms with Crippen molar-refractivity contribution in [2.75, 3.05) is 32.4 Å². The van der Waals surface area contributed by atoms with Crippen LogP contribution in [0.1, 0.15) is 29.9 Å². The molecule has 3 aromatic carbocycles. The van der Waals surface area contributed by atoms with Gasteiger partial charge in [-0.25, -0.2) is 26.0 Å². The molecular weight excluding hydrogens is 608 g/mol. The molecule has 2 saturated heterocycles. The highest BCUT2D eigenvalue weighted by atomic mass is 32.2. The standard InChI is InChI=1S/C33H34F4N4O3S/c1-45(43,44)28-12-2-22(3-13-28)19-40-16-14-24(15-17-40)31(39-27-10-8-26(35)9-11-27)29(18-38)32(42)41-20-30(33(36,37)21-41)23-4-6-25(34)7-5-23/h2-13,18,24,29-30,38H,14-17,19-21H2,1H3. The van der Waals surface area contributed by atoms with Gasteiger partial charge in [-0.3, -0.25) is 14.7 Å². The van der Waals surface area contributed by atoms with Crippen LogP contribution in [0.4, 0.5) is 23.2 Å². The summed E-state index contributed by atoms with van der Waals surface area (Å²) < 4.78 is 81.0. The fraction of sp³-hybridized carbons (Fsp3) is 0.364. The smallest absolute Gasteiger partial charge is 0.273 e. The Labute approximate surface area is 260 Å². The number of likely N-dealkylation sites (tertiary alicyclic amines) is 2. The van der Waals surface area contributed by atoms with E-state index in [1.54, 1.807) is 24.3 Å². The monoisotopic (exact) mass is 642 g/mol. The highest BCUT2D eigenvalue weighted by molar-refractivity contribution is 7.90. The number of carbonyl (C=O) groups excluding carboxylic acids is 1. The molecule has 5 rings (SSSR count). The summed E-state index contributed by atoms with van der Waals surface area (Å²) in [6.07, 6.45) is 3.24. The molecule has 7 nitrogen and oxygen atoms in total. The lowest BCUT2D eigenvalue weighted by atomic mass is 9.84. The summed E-state index contributed by atoms with van der Waals surface area (Å²) in [5.41, 5.74) is 1.92. The fourth-order valence-corrected chi connectivity index (χ4v) is 6.67. The number of sulfone groups is 1. The molecule has 3 aromatic rings. The lowest BCUT2D eigenvalue weighted by molar-refractivity contribution is -0.132. The van der Waals surface area contributed by atoms with Crippen LogP contribution >= 0.6 is 0 Å². The van der Waals surface area contributed by atoms with Crippen LogP contribution in [0.5, 0.6) is 0 Å². The topological polar surface area (TPSA) is 93.9 Å². The predicted molar refractivity (Wildman–Crippen MR) is 164 cm³/mol. The van der Waals surface area contributed by atoms with Gasteiger partial charge >= 0.3 is 0 Å². The van der Waals surface area contributed by atoms with Gasteiger partial charge in [0.05, 0.1) is 23.0 Å². The molecule has 0 saturated carbocycles. The van der Waals surface area contributed by atoms with Gasteiger partial charge in [-0.05, 0) is 85.6 Å². The maximum absolute atomic E-state index is 15.2. The Morgan fingerprint density at radius 1 is 0.978 bits per heavy atom. The molecule has 2 aliphatic rings. The maximum Gasteiger partial charge on any atom is 0.273 e. The lowest BCUT2D eigenvalue weighted by Crippen LogP contribution is -2.44. The Balaban J connectivity index is 1.34. The number of piperidine rings is 1. The molecule has 0 spiro atoms. The fourth-order valence-electron chi connectivity index (χ4n) is 6.04. The molecular formula is C33H34F4N4O3S. The minimum atomic E-state index is -3.30. The minimum Gasteiger partial charge on any atom is -0.335 e. The van der Waals surface area contributed by atoms with Crippen LogP contribution in [0, 0.1) is 28.9 Å². The van der Waals surface area contributed by atoms with E-state index >= 15 is 8.78 Å². The Kier molecular flexibility index (Phi) is 9.54. The van der Waals surface area contributed by atoms with Crippen molar-refractivity contribution in [3.05, 3.63) is 95.6 Å². The molecule has 0 aromatic heterocycles. The summed E-state index contributed by atoms with van der Waals surface area (Å²) in [6.45, 7) is 0.700. The number of benzene rings is 3. The second kappa shape index (κ2) is 13.2. The Bertz CT molecular complexity index is 1660. The van der Waals surface area contributed by atoms with Crippen LogP contribution < -0.4 is 0 Å². The molecule has 0 aliphatic carbocycles. The average Bonchev–Trinajstić information content (AvgIpc) is 3.33. The number of amides is 1. The van der Waals surface area contributed by atoms with E-state index < -0.39 is 51.7 Å². The maximum atomic E-state index is 15.2. The Morgan fingerprint density at radius 3 is 2.11 bits per heavy atom. The van der Waals surface area contributed by atoms with E-state index in [1.807, 2.05) is 0 Å². The van der Waals surface area contributed by atoms with Gasteiger partial charge in [0.15, 0.2) is 9.84 Å². The van der Waals surface area contributed by atoms with Crippen molar-refractivity contribution >= 4 is 33.4 Å². The van der Waals surface area contributed by atoms with Crippen LogP contribution in [-0.4, -0.2) is 74.4 Å². The molecule has 2 atom stereocenters. The van der Waals surface area contributed by atoms with Crippen molar-refractivity contribution < 1.29 is 30.8 Å². The Morgan fingerprint density at radius 2 is 1.56 bits per heavy atom. The number of hydrogen-bond acceptors (Lipinski definition) is 6. The van der Waals surface area contributed by atoms with E-state index in [9.17, 15) is 22.0 Å². The summed E-state index contributed by atoms with van der Waals surface area (Å²) in [6, 6.07) is 16.9. The van der Waals surface area contributed by atoms with Gasteiger partial charge in [0.1, 0.15) is 17.6 Å². The van der Waals surface area contributed by atoms with Gasteiger partial charge < -0.3 is 10.3 Å². The third kappa shape index (κ3) is 7.67. The number of nitrogens with one attached hydrogen (secondary N) is 1. The zero-order chi connectivity index (χ0) is 32.4. The van der Waals surface area contributed by atoms with Crippen LogP contribution in [-0.2, 0) is 21.2 Å². The number of halogens is 4. The van der Waals surface area contributed by atoms with Crippen molar-refractivity contribution in [2.45, 2.75) is 36.1 Å². The first-order valence-electron chi connectivity index (χ1n) is 14.6. The number of nitrogens with zero attached hydrogens (tertiary/aromatic N) is 3. The predicted octanol–water partition coefficient (Wildman–Crippen LogP) is 5.88. The largest absolute Gasteiger partial charge is 0.335 e. The zero-order valence-electron chi connectivity index (χ0n) is 24.7. The van der Waals surface area contributed by atoms with E-state index in [2.05, 4.69) is 4.90 Å². The van der Waals surface area contributed by atoms with Crippen molar-refractivity contribution in [1.82, 2.24) is 9.80 Å². The number of carbonyl (C=O) groups is 1. The van der Waals surface area contributed by atoms with Crippen LogP contribution in [0.15, 0.2) is 82.7 Å². The molecule has 45 heavy (non-hydrogen) atoms. The number of aliphatic imine (C=N–C) groups is 1. The van der Waals surface area contributed by atoms with Crippen LogP contribution in [0.2, 0.25) is 0 Å². The lowest BCUT2D eigenvalue weighted by Gasteiger charge is -2.34. The Hall–Kier alpha value is -3.90. The molecule has 12 heteroatoms. The first-order valence-corrected chi connectivity index (χ1v) is 16.5. The molecule has 238 valence electrons. The molecule has 0 radical (unpaired) electrons. The molecule has 2 aliphatic heterocycles. The molecule has 2 fully saturated rings. The second-order valence-corrected chi connectivity index (χ2v) is 13.7. The molecule has 2 heterocycles. The second-order valence-electron chi connectivity index (χ2n) is 11.7. The summed E-state index contributed by atoms with van der Waals surface area (Å²) in [7, 11) is -3.30. The first-order chi connectivity index (χ1) is 21.3. The van der Waals surface area contributed by atoms with Crippen molar-refractivity contribution in [2.24, 2.45) is 16.8 Å². The number of alkyl halides is 2. The quantitative estimate of drug-likeness (QED) is 0.233. The van der Waals surface area contributed by atoms with Gasteiger partial charge in [-0.1, -0.05) is 24.3 Å². The van der Waals surface area contributed by atoms with E-state index in [0.717, 1.165) is 35.1 Å². The SMILES string of the molecule is CS(=O)(=O)c1ccc(CN2CCC(C(=Nc3ccc(F)cc3)C(C=N)C(=O)N3CC(c4ccc(F)cc4)C(F)(F)C3)CC2)cc1. The van der Waals surface area contributed by atoms with Gasteiger partial charge in [0.25, 0.3) is 5.92 Å². The molecule has 1 amide bonds. The van der Waals surface area contributed by atoms with Gasteiger partial charge in [0, 0.05) is 37.2 Å². The summed E-state index contributed by atoms with van der Waals surface area (Å²) in [5, 5.41) is 8.19. The van der Waals surface area contributed by atoms with Gasteiger partial charge in [-0.2, -0.15) is 0 Å². The number of hydrogen-bond donors (Lipinski definition) is 1. The third-order valence-electron chi connectivity index (χ3n) is 8.50. The van der Waals surface area contributed by atoms with Crippen molar-refractivity contribution in [1.29, 1.82) is 5.41 Å². The van der Waals surface area contributed by atoms with Gasteiger partial charge in [0.2, 0.25) is 5.91 Å². The van der Waals surface area contributed by atoms with Crippen LogP contribution in [0.25, 0.3) is 0 Å². The van der Waals surface area contributed by atoms with E-state index in [4.69, 9.17) is 10.4 Å². The summed E-state index contributed by atoms with van der Waals surface area (Å²) in [4.78, 5) is 22.0. The highest BCUT2D eigenvalue weighted by Crippen LogP contribution is 2.41. The zero-order valence-corrected chi connectivity index (χ0v) is 25.5. The number of rotatable bonds is 9. The average molecular weight is 643 g/mol.